The zero-order valence-corrected chi connectivity index (χ0v) is 35.1. The number of aliphatic hydroxyl groups is 1. The predicted molar refractivity (Wildman–Crippen MR) is 212 cm³/mol. The fourth-order valence-corrected chi connectivity index (χ4v) is 7.06. The number of nitrogens with zero attached hydrogens (tertiary/aromatic N) is 2. The SMILES string of the molecule is CC(C)CC(NC(=O)C(NC(=O)C(CCC(N)=O)NC(=O)C1CCCN1C(=O)C(C)NC(=O)C(NC(=O)C1CCCN1C(=O)C(N)CCC(=O)O)C(C)O)C(C)C)C(=O)O. The summed E-state index contributed by atoms with van der Waals surface area (Å²) in [6, 6.07) is -10.1. The van der Waals surface area contributed by atoms with Gasteiger partial charge in [0.1, 0.15) is 42.3 Å². The number of aliphatic hydroxyl groups excluding tert-OH is 1. The average molecular weight is 854 g/mol. The highest BCUT2D eigenvalue weighted by atomic mass is 16.4. The summed E-state index contributed by atoms with van der Waals surface area (Å²) in [5.74, 6) is -9.22. The summed E-state index contributed by atoms with van der Waals surface area (Å²) in [5, 5.41) is 41.4. The van der Waals surface area contributed by atoms with Crippen molar-refractivity contribution in [1.82, 2.24) is 36.4 Å². The minimum atomic E-state index is -1.57. The van der Waals surface area contributed by atoms with Crippen LogP contribution in [-0.4, -0.2) is 152 Å². The monoisotopic (exact) mass is 853 g/mol. The molecule has 2 rings (SSSR count). The van der Waals surface area contributed by atoms with Crippen molar-refractivity contribution in [3.8, 4) is 0 Å². The lowest BCUT2D eigenvalue weighted by Crippen LogP contribution is -2.61. The largest absolute Gasteiger partial charge is 0.481 e. The first-order valence-corrected chi connectivity index (χ1v) is 20.3. The van der Waals surface area contributed by atoms with Crippen molar-refractivity contribution in [2.45, 2.75) is 154 Å². The summed E-state index contributed by atoms with van der Waals surface area (Å²) >= 11 is 0. The Bertz CT molecular complexity index is 1610. The van der Waals surface area contributed by atoms with Gasteiger partial charge >= 0.3 is 11.9 Å². The van der Waals surface area contributed by atoms with Crippen LogP contribution in [0.5, 0.6) is 0 Å². The normalized spacial score (nSPS) is 19.9. The standard InChI is InChI=1S/C38H63N9O13/c1-18(2)17-24(38(59)60)43-34(55)29(19(3)4)44-31(52)23(12-13-27(40)49)42-32(53)25-9-7-15-46(25)36(57)20(5)41-35(56)30(21(6)48)45-33(54)26-10-8-16-47(26)37(58)22(39)11-14-28(50)51/h18-26,29-30,48H,7-17,39H2,1-6H3,(H2,40,49)(H,41,56)(H,42,53)(H,43,55)(H,44,52)(H,45,54)(H,50,51)(H,59,60). The zero-order valence-electron chi connectivity index (χ0n) is 35.1. The third-order valence-corrected chi connectivity index (χ3v) is 10.3. The summed E-state index contributed by atoms with van der Waals surface area (Å²) in [7, 11) is 0. The van der Waals surface area contributed by atoms with Crippen LogP contribution in [0.15, 0.2) is 0 Å². The van der Waals surface area contributed by atoms with Crippen LogP contribution in [-0.2, 0) is 47.9 Å². The maximum absolute atomic E-state index is 13.7. The fraction of sp³-hybridized carbons (Fsp3) is 0.737. The number of likely N-dealkylation sites (tertiary alicyclic amines) is 2. The lowest BCUT2D eigenvalue weighted by Gasteiger charge is -2.31. The van der Waals surface area contributed by atoms with E-state index in [2.05, 4.69) is 26.6 Å². The molecule has 2 aliphatic heterocycles. The average Bonchev–Trinajstić information content (AvgIpc) is 3.86. The van der Waals surface area contributed by atoms with E-state index in [0.717, 1.165) is 0 Å². The summed E-state index contributed by atoms with van der Waals surface area (Å²) in [6.45, 7) is 9.63. The summed E-state index contributed by atoms with van der Waals surface area (Å²) < 4.78 is 0. The van der Waals surface area contributed by atoms with E-state index in [9.17, 15) is 58.2 Å². The maximum Gasteiger partial charge on any atom is 0.326 e. The third-order valence-electron chi connectivity index (χ3n) is 10.3. The summed E-state index contributed by atoms with van der Waals surface area (Å²) in [5.41, 5.74) is 11.2. The Kier molecular flexibility index (Phi) is 19.8. The first-order chi connectivity index (χ1) is 28.0. The van der Waals surface area contributed by atoms with Gasteiger partial charge in [0, 0.05) is 25.9 Å². The maximum atomic E-state index is 13.7. The Balaban J connectivity index is 2.15. The van der Waals surface area contributed by atoms with Gasteiger partial charge in [-0.1, -0.05) is 27.7 Å². The smallest absolute Gasteiger partial charge is 0.326 e. The molecule has 22 nitrogen and oxygen atoms in total. The molecule has 2 saturated heterocycles. The molecule has 9 atom stereocenters. The second kappa shape index (κ2) is 23.4. The lowest BCUT2D eigenvalue weighted by atomic mass is 9.99. The Morgan fingerprint density at radius 1 is 0.650 bits per heavy atom. The van der Waals surface area contributed by atoms with Crippen molar-refractivity contribution in [1.29, 1.82) is 0 Å². The molecule has 0 aromatic heterocycles. The predicted octanol–water partition coefficient (Wildman–Crippen LogP) is -2.96. The van der Waals surface area contributed by atoms with Gasteiger partial charge in [-0.2, -0.15) is 0 Å². The molecule has 0 bridgehead atoms. The molecule has 0 saturated carbocycles. The van der Waals surface area contributed by atoms with Crippen LogP contribution in [0.4, 0.5) is 0 Å². The molecule has 2 aliphatic rings. The van der Waals surface area contributed by atoms with Gasteiger partial charge in [0.15, 0.2) is 0 Å². The molecule has 2 fully saturated rings. The number of amides is 8. The van der Waals surface area contributed by atoms with E-state index in [1.807, 2.05) is 0 Å². The van der Waals surface area contributed by atoms with Gasteiger partial charge < -0.3 is 63.2 Å². The van der Waals surface area contributed by atoms with E-state index in [1.54, 1.807) is 27.7 Å². The van der Waals surface area contributed by atoms with Crippen molar-refractivity contribution in [3.63, 3.8) is 0 Å². The minimum Gasteiger partial charge on any atom is -0.481 e. The van der Waals surface area contributed by atoms with Crippen molar-refractivity contribution >= 4 is 59.2 Å². The molecule has 0 aliphatic carbocycles. The quantitative estimate of drug-likeness (QED) is 0.0491. The number of primary amides is 1. The second-order valence-electron chi connectivity index (χ2n) is 16.2. The number of hydrogen-bond acceptors (Lipinski definition) is 12. The second-order valence-corrected chi connectivity index (χ2v) is 16.2. The Morgan fingerprint density at radius 3 is 1.67 bits per heavy atom. The van der Waals surface area contributed by atoms with Crippen LogP contribution < -0.4 is 38.1 Å². The van der Waals surface area contributed by atoms with Crippen LogP contribution in [0.25, 0.3) is 0 Å². The highest BCUT2D eigenvalue weighted by Crippen LogP contribution is 2.21. The van der Waals surface area contributed by atoms with Crippen molar-refractivity contribution in [2.75, 3.05) is 13.1 Å². The highest BCUT2D eigenvalue weighted by molar-refractivity contribution is 5.98. The number of carbonyl (C=O) groups is 10. The number of rotatable bonds is 23. The van der Waals surface area contributed by atoms with E-state index in [0.29, 0.717) is 12.8 Å². The Labute approximate surface area is 348 Å². The van der Waals surface area contributed by atoms with Crippen LogP contribution in [0.3, 0.4) is 0 Å². The summed E-state index contributed by atoms with van der Waals surface area (Å²) in [6.07, 6.45) is -1.27. The molecule has 0 radical (unpaired) electrons. The number of nitrogens with one attached hydrogen (secondary N) is 5. The van der Waals surface area contributed by atoms with Crippen LogP contribution >= 0.6 is 0 Å². The van der Waals surface area contributed by atoms with E-state index >= 15 is 0 Å². The first kappa shape index (κ1) is 50.8. The number of nitrogens with two attached hydrogens (primary N) is 2. The van der Waals surface area contributed by atoms with E-state index in [1.165, 1.54) is 23.6 Å². The van der Waals surface area contributed by atoms with Gasteiger partial charge in [-0.05, 0) is 70.6 Å². The molecule has 0 aromatic carbocycles. The molecule has 12 N–H and O–H groups in total. The molecule has 338 valence electrons. The van der Waals surface area contributed by atoms with Crippen LogP contribution in [0.1, 0.15) is 99.3 Å². The highest BCUT2D eigenvalue weighted by Gasteiger charge is 2.41. The van der Waals surface area contributed by atoms with E-state index < -0.39 is 120 Å². The van der Waals surface area contributed by atoms with Crippen LogP contribution in [0, 0.1) is 11.8 Å². The van der Waals surface area contributed by atoms with Gasteiger partial charge in [-0.25, -0.2) is 4.79 Å². The first-order valence-electron chi connectivity index (χ1n) is 20.3. The number of aliphatic carboxylic acids is 2. The Morgan fingerprint density at radius 2 is 1.18 bits per heavy atom. The lowest BCUT2D eigenvalue weighted by molar-refractivity contribution is -0.144. The van der Waals surface area contributed by atoms with Gasteiger partial charge in [0.2, 0.25) is 47.3 Å². The number of carboxylic acid groups (broad SMARTS) is 2. The van der Waals surface area contributed by atoms with Gasteiger partial charge in [0.05, 0.1) is 12.1 Å². The molecule has 2 heterocycles. The van der Waals surface area contributed by atoms with Gasteiger partial charge in [-0.15, -0.1) is 0 Å². The third kappa shape index (κ3) is 15.0. The molecular formula is C38H63N9O13. The van der Waals surface area contributed by atoms with E-state index in [4.69, 9.17) is 16.6 Å². The topological polar surface area (TPSA) is 350 Å². The summed E-state index contributed by atoms with van der Waals surface area (Å²) in [4.78, 5) is 131. The molecule has 22 heteroatoms. The molecular weight excluding hydrogens is 790 g/mol. The molecule has 9 unspecified atom stereocenters. The number of carboxylic acids is 2. The molecule has 60 heavy (non-hydrogen) atoms. The molecule has 0 spiro atoms. The van der Waals surface area contributed by atoms with Crippen molar-refractivity contribution in [3.05, 3.63) is 0 Å². The Hall–Kier alpha value is -5.38. The zero-order chi connectivity index (χ0) is 45.6. The molecule has 0 aromatic rings. The van der Waals surface area contributed by atoms with Gasteiger partial charge in [0.25, 0.3) is 0 Å². The van der Waals surface area contributed by atoms with Gasteiger partial charge in [-0.3, -0.25) is 43.2 Å². The van der Waals surface area contributed by atoms with Crippen molar-refractivity contribution < 1.29 is 63.3 Å². The van der Waals surface area contributed by atoms with Crippen LogP contribution in [0.2, 0.25) is 0 Å². The van der Waals surface area contributed by atoms with Crippen molar-refractivity contribution in [2.24, 2.45) is 23.3 Å². The number of carbonyl (C=O) groups excluding carboxylic acids is 8. The number of hydrogen-bond donors (Lipinski definition) is 10. The molecule has 8 amide bonds. The fourth-order valence-electron chi connectivity index (χ4n) is 7.06. The minimum absolute atomic E-state index is 0.0686. The van der Waals surface area contributed by atoms with E-state index in [-0.39, 0.29) is 64.0 Å².